The van der Waals surface area contributed by atoms with Gasteiger partial charge in [-0.2, -0.15) is 0 Å². The number of para-hydroxylation sites is 1. The van der Waals surface area contributed by atoms with Gasteiger partial charge in [0.1, 0.15) is 4.90 Å². The molecular formula is C14H17N3O2S. The van der Waals surface area contributed by atoms with Crippen LogP contribution in [-0.2, 0) is 16.6 Å². The van der Waals surface area contributed by atoms with Gasteiger partial charge < -0.3 is 11.1 Å². The molecule has 0 saturated carbocycles. The lowest BCUT2D eigenvalue weighted by Gasteiger charge is -2.12. The Morgan fingerprint density at radius 1 is 1.05 bits per heavy atom. The van der Waals surface area contributed by atoms with Crippen molar-refractivity contribution in [3.05, 3.63) is 54.1 Å². The minimum Gasteiger partial charge on any atom is -0.354 e. The molecule has 2 aromatic carbocycles. The van der Waals surface area contributed by atoms with Crippen LogP contribution in [0.15, 0.2) is 53.4 Å². The van der Waals surface area contributed by atoms with Crippen LogP contribution in [0, 0.1) is 0 Å². The summed E-state index contributed by atoms with van der Waals surface area (Å²) in [7, 11) is -2.10. The van der Waals surface area contributed by atoms with Crippen molar-refractivity contribution in [2.45, 2.75) is 11.4 Å². The van der Waals surface area contributed by atoms with Crippen molar-refractivity contribution in [2.75, 3.05) is 12.4 Å². The van der Waals surface area contributed by atoms with Crippen LogP contribution in [0.2, 0.25) is 0 Å². The third kappa shape index (κ3) is 3.16. The van der Waals surface area contributed by atoms with E-state index in [0.29, 0.717) is 12.2 Å². The Morgan fingerprint density at radius 2 is 1.70 bits per heavy atom. The second-order valence-electron chi connectivity index (χ2n) is 4.23. The van der Waals surface area contributed by atoms with Crippen LogP contribution in [0.1, 0.15) is 5.56 Å². The first-order valence-electron chi connectivity index (χ1n) is 6.15. The Morgan fingerprint density at radius 3 is 2.30 bits per heavy atom. The van der Waals surface area contributed by atoms with E-state index < -0.39 is 10.0 Å². The first kappa shape index (κ1) is 14.5. The average molecular weight is 291 g/mol. The highest BCUT2D eigenvalue weighted by Gasteiger charge is 2.15. The molecule has 2 aromatic rings. The van der Waals surface area contributed by atoms with Crippen LogP contribution in [0.4, 0.5) is 11.4 Å². The van der Waals surface area contributed by atoms with Gasteiger partial charge in [-0.1, -0.05) is 24.3 Å². The van der Waals surface area contributed by atoms with Gasteiger partial charge in [-0.05, 0) is 36.9 Å². The maximum Gasteiger partial charge on any atom is 0.242 e. The zero-order valence-corrected chi connectivity index (χ0v) is 11.9. The zero-order chi connectivity index (χ0) is 14.6. The topological polar surface area (TPSA) is 84.2 Å². The van der Waals surface area contributed by atoms with Crippen LogP contribution in [0.3, 0.4) is 0 Å². The summed E-state index contributed by atoms with van der Waals surface area (Å²) in [5, 5.41) is 3.10. The molecule has 106 valence electrons. The molecule has 0 aliphatic heterocycles. The van der Waals surface area contributed by atoms with Crippen molar-refractivity contribution in [1.29, 1.82) is 0 Å². The van der Waals surface area contributed by atoms with Gasteiger partial charge in [0, 0.05) is 12.2 Å². The first-order chi connectivity index (χ1) is 9.56. The van der Waals surface area contributed by atoms with Crippen molar-refractivity contribution >= 4 is 21.4 Å². The van der Waals surface area contributed by atoms with Crippen LogP contribution in [-0.4, -0.2) is 15.5 Å². The minimum absolute atomic E-state index is 0.213. The van der Waals surface area contributed by atoms with Gasteiger partial charge in [0.25, 0.3) is 0 Å². The maximum atomic E-state index is 11.9. The minimum atomic E-state index is -3.49. The predicted molar refractivity (Wildman–Crippen MR) is 80.3 cm³/mol. The Kier molecular flexibility index (Phi) is 4.39. The molecule has 0 bridgehead atoms. The van der Waals surface area contributed by atoms with Crippen LogP contribution >= 0.6 is 0 Å². The van der Waals surface area contributed by atoms with E-state index in [1.807, 2.05) is 24.3 Å². The number of rotatable bonds is 5. The molecule has 0 radical (unpaired) electrons. The number of hydrogen-bond donors (Lipinski definition) is 3. The summed E-state index contributed by atoms with van der Waals surface area (Å²) in [4.78, 5) is 0.213. The van der Waals surface area contributed by atoms with Crippen molar-refractivity contribution in [1.82, 2.24) is 4.72 Å². The third-order valence-electron chi connectivity index (χ3n) is 2.91. The molecule has 2 rings (SSSR count). The maximum absolute atomic E-state index is 11.9. The Hall–Kier alpha value is -1.89. The molecule has 0 aliphatic carbocycles. The van der Waals surface area contributed by atoms with Crippen LogP contribution in [0.25, 0.3) is 0 Å². The van der Waals surface area contributed by atoms with Gasteiger partial charge in [0.05, 0.1) is 5.69 Å². The number of nitrogens with two attached hydrogens (primary N) is 1. The van der Waals surface area contributed by atoms with Crippen molar-refractivity contribution in [2.24, 2.45) is 5.73 Å². The zero-order valence-electron chi connectivity index (χ0n) is 11.1. The molecular weight excluding hydrogens is 274 g/mol. The molecule has 0 aliphatic rings. The molecule has 0 unspecified atom stereocenters. The van der Waals surface area contributed by atoms with Crippen molar-refractivity contribution in [3.8, 4) is 0 Å². The van der Waals surface area contributed by atoms with E-state index in [0.717, 1.165) is 11.3 Å². The van der Waals surface area contributed by atoms with Gasteiger partial charge in [-0.15, -0.1) is 0 Å². The highest BCUT2D eigenvalue weighted by molar-refractivity contribution is 7.89. The molecule has 0 heterocycles. The molecule has 20 heavy (non-hydrogen) atoms. The molecule has 6 heteroatoms. The second kappa shape index (κ2) is 6.04. The molecule has 5 nitrogen and oxygen atoms in total. The molecule has 0 atom stereocenters. The van der Waals surface area contributed by atoms with Crippen molar-refractivity contribution < 1.29 is 8.42 Å². The Labute approximate surface area is 118 Å². The summed E-state index contributed by atoms with van der Waals surface area (Å²) in [5.74, 6) is 0. The first-order valence-corrected chi connectivity index (χ1v) is 7.64. The fourth-order valence-electron chi connectivity index (χ4n) is 1.79. The second-order valence-corrected chi connectivity index (χ2v) is 6.08. The van der Waals surface area contributed by atoms with Gasteiger partial charge >= 0.3 is 0 Å². The molecule has 0 spiro atoms. The highest BCUT2D eigenvalue weighted by atomic mass is 32.2. The number of benzene rings is 2. The summed E-state index contributed by atoms with van der Waals surface area (Å²) in [6.45, 7) is 0.477. The monoisotopic (exact) mass is 291 g/mol. The van der Waals surface area contributed by atoms with E-state index in [1.54, 1.807) is 24.3 Å². The van der Waals surface area contributed by atoms with Gasteiger partial charge in [-0.3, -0.25) is 0 Å². The number of nitrogens with one attached hydrogen (secondary N) is 2. The third-order valence-corrected chi connectivity index (χ3v) is 4.39. The Balaban J connectivity index is 2.34. The summed E-state index contributed by atoms with van der Waals surface area (Å²) in [6, 6.07) is 14.3. The largest absolute Gasteiger partial charge is 0.354 e. The summed E-state index contributed by atoms with van der Waals surface area (Å²) >= 11 is 0. The molecule has 0 fully saturated rings. The number of anilines is 2. The molecule has 0 saturated heterocycles. The fourth-order valence-corrected chi connectivity index (χ4v) is 2.68. The smallest absolute Gasteiger partial charge is 0.242 e. The quantitative estimate of drug-likeness (QED) is 0.784. The summed E-state index contributed by atoms with van der Waals surface area (Å²) in [6.07, 6.45) is 0. The highest BCUT2D eigenvalue weighted by Crippen LogP contribution is 2.24. The van der Waals surface area contributed by atoms with E-state index in [4.69, 9.17) is 5.73 Å². The van der Waals surface area contributed by atoms with Crippen LogP contribution in [0.5, 0.6) is 0 Å². The molecule has 4 N–H and O–H groups in total. The van der Waals surface area contributed by atoms with Gasteiger partial charge in [-0.25, -0.2) is 13.1 Å². The van der Waals surface area contributed by atoms with E-state index >= 15 is 0 Å². The lowest BCUT2D eigenvalue weighted by Crippen LogP contribution is -2.19. The van der Waals surface area contributed by atoms with E-state index in [-0.39, 0.29) is 4.90 Å². The predicted octanol–water partition coefficient (Wildman–Crippen LogP) is 1.80. The van der Waals surface area contributed by atoms with Crippen LogP contribution < -0.4 is 15.8 Å². The summed E-state index contributed by atoms with van der Waals surface area (Å²) in [5.41, 5.74) is 7.90. The van der Waals surface area contributed by atoms with E-state index in [1.165, 1.54) is 7.05 Å². The van der Waals surface area contributed by atoms with Gasteiger partial charge in [0.15, 0.2) is 0 Å². The SMILES string of the molecule is CNS(=O)(=O)c1ccccc1Nc1ccc(CN)cc1. The lowest BCUT2D eigenvalue weighted by atomic mass is 10.2. The standard InChI is InChI=1S/C14H17N3O2S/c1-16-20(18,19)14-5-3-2-4-13(14)17-12-8-6-11(10-15)7-9-12/h2-9,16-17H,10,15H2,1H3. The fraction of sp³-hybridized carbons (Fsp3) is 0.143. The lowest BCUT2D eigenvalue weighted by molar-refractivity contribution is 0.588. The van der Waals surface area contributed by atoms with Gasteiger partial charge in [0.2, 0.25) is 10.0 Å². The normalized spacial score (nSPS) is 11.3. The number of hydrogen-bond acceptors (Lipinski definition) is 4. The summed E-state index contributed by atoms with van der Waals surface area (Å²) < 4.78 is 26.2. The Bertz CT molecular complexity index is 682. The molecule has 0 aromatic heterocycles. The molecule has 0 amide bonds. The van der Waals surface area contributed by atoms with Crippen molar-refractivity contribution in [3.63, 3.8) is 0 Å². The number of sulfonamides is 1. The van der Waals surface area contributed by atoms with E-state index in [9.17, 15) is 8.42 Å². The van der Waals surface area contributed by atoms with E-state index in [2.05, 4.69) is 10.0 Å². The average Bonchev–Trinajstić information content (AvgIpc) is 2.48.